The molecule has 0 radical (unpaired) electrons. The van der Waals surface area contributed by atoms with Gasteiger partial charge in [-0.2, -0.15) is 5.10 Å². The molecule has 0 spiro atoms. The molecule has 2 aromatic rings. The number of aromatic nitrogens is 2. The minimum atomic E-state index is -3.30. The minimum Gasteiger partial charge on any atom is -0.414 e. The molecular formula is C26H39N3O3SSi. The highest BCUT2D eigenvalue weighted by molar-refractivity contribution is 7.94. The van der Waals surface area contributed by atoms with Crippen LogP contribution in [0, 0.1) is 0 Å². The number of fused-ring (bicyclic) bond motifs is 1. The number of nitrogens with one attached hydrogen (secondary N) is 1. The molecule has 1 aromatic heterocycles. The first kappa shape index (κ1) is 25.2. The SMILES string of the molecule is CC(C)(C)n1nc([C@H]2CC[C@@H](O[Si](C)(C)C(C)(C)C)C2)cc1Nc1ccc2c(c1)C=CS2(=O)=O. The van der Waals surface area contributed by atoms with Gasteiger partial charge in [-0.1, -0.05) is 20.8 Å². The zero-order chi connectivity index (χ0) is 25.1. The molecule has 2 heterocycles. The summed E-state index contributed by atoms with van der Waals surface area (Å²) in [5.41, 5.74) is 2.47. The number of anilines is 2. The molecule has 1 aromatic carbocycles. The summed E-state index contributed by atoms with van der Waals surface area (Å²) in [7, 11) is -5.09. The summed E-state index contributed by atoms with van der Waals surface area (Å²) in [4.78, 5) is 0.363. The summed E-state index contributed by atoms with van der Waals surface area (Å²) in [6.45, 7) is 18.0. The van der Waals surface area contributed by atoms with Crippen molar-refractivity contribution in [3.63, 3.8) is 0 Å². The van der Waals surface area contributed by atoms with Crippen LogP contribution >= 0.6 is 0 Å². The molecule has 34 heavy (non-hydrogen) atoms. The lowest BCUT2D eigenvalue weighted by Gasteiger charge is -2.38. The molecule has 0 saturated heterocycles. The fourth-order valence-electron chi connectivity index (χ4n) is 4.51. The van der Waals surface area contributed by atoms with E-state index in [9.17, 15) is 8.42 Å². The highest BCUT2D eigenvalue weighted by atomic mass is 32.2. The van der Waals surface area contributed by atoms with Gasteiger partial charge in [-0.05, 0) is 88.0 Å². The molecule has 1 saturated carbocycles. The van der Waals surface area contributed by atoms with Crippen molar-refractivity contribution in [2.24, 2.45) is 0 Å². The van der Waals surface area contributed by atoms with Crippen LogP contribution in [-0.4, -0.2) is 32.6 Å². The molecular weight excluding hydrogens is 462 g/mol. The number of rotatable bonds is 5. The molecule has 0 unspecified atom stereocenters. The van der Waals surface area contributed by atoms with Crippen molar-refractivity contribution in [2.75, 3.05) is 5.32 Å². The largest absolute Gasteiger partial charge is 0.414 e. The third-order valence-corrected chi connectivity index (χ3v) is 13.5. The van der Waals surface area contributed by atoms with Crippen molar-refractivity contribution >= 4 is 35.7 Å². The maximum Gasteiger partial charge on any atom is 0.200 e. The van der Waals surface area contributed by atoms with Crippen LogP contribution in [0.2, 0.25) is 18.1 Å². The Morgan fingerprint density at radius 1 is 1.09 bits per heavy atom. The Kier molecular flexibility index (Phi) is 6.18. The summed E-state index contributed by atoms with van der Waals surface area (Å²) in [5.74, 6) is 1.30. The Morgan fingerprint density at radius 2 is 1.79 bits per heavy atom. The fraction of sp³-hybridized carbons (Fsp3) is 0.577. The molecule has 0 bridgehead atoms. The van der Waals surface area contributed by atoms with Crippen LogP contribution in [-0.2, 0) is 19.8 Å². The van der Waals surface area contributed by atoms with Gasteiger partial charge in [0.15, 0.2) is 18.2 Å². The van der Waals surface area contributed by atoms with Gasteiger partial charge >= 0.3 is 0 Å². The Labute approximate surface area is 205 Å². The number of benzene rings is 1. The minimum absolute atomic E-state index is 0.198. The van der Waals surface area contributed by atoms with Crippen molar-refractivity contribution in [1.29, 1.82) is 0 Å². The van der Waals surface area contributed by atoms with Gasteiger partial charge in [-0.15, -0.1) is 0 Å². The van der Waals surface area contributed by atoms with Gasteiger partial charge < -0.3 is 9.74 Å². The van der Waals surface area contributed by atoms with Crippen LogP contribution in [0.1, 0.15) is 78.0 Å². The smallest absolute Gasteiger partial charge is 0.200 e. The third kappa shape index (κ3) is 4.90. The summed E-state index contributed by atoms with van der Waals surface area (Å²) < 4.78 is 32.9. The van der Waals surface area contributed by atoms with E-state index in [2.05, 4.69) is 66.0 Å². The Balaban J connectivity index is 1.56. The van der Waals surface area contributed by atoms with Gasteiger partial charge in [0.25, 0.3) is 0 Å². The van der Waals surface area contributed by atoms with E-state index < -0.39 is 18.2 Å². The van der Waals surface area contributed by atoms with Gasteiger partial charge in [0.2, 0.25) is 0 Å². The number of sulfone groups is 1. The van der Waals surface area contributed by atoms with Crippen LogP contribution < -0.4 is 5.32 Å². The Morgan fingerprint density at radius 3 is 2.44 bits per heavy atom. The molecule has 4 rings (SSSR count). The lowest BCUT2D eigenvalue weighted by atomic mass is 10.0. The van der Waals surface area contributed by atoms with E-state index >= 15 is 0 Å². The number of hydrogen-bond donors (Lipinski definition) is 1. The molecule has 1 aliphatic heterocycles. The number of nitrogens with zero attached hydrogens (tertiary/aromatic N) is 2. The topological polar surface area (TPSA) is 73.2 Å². The summed E-state index contributed by atoms with van der Waals surface area (Å²) in [6, 6.07) is 7.53. The van der Waals surface area contributed by atoms with Crippen LogP contribution in [0.3, 0.4) is 0 Å². The molecule has 186 valence electrons. The predicted molar refractivity (Wildman–Crippen MR) is 142 cm³/mol. The quantitative estimate of drug-likeness (QED) is 0.456. The van der Waals surface area contributed by atoms with Crippen molar-refractivity contribution in [3.8, 4) is 0 Å². The Hall–Kier alpha value is -1.90. The first-order valence-electron chi connectivity index (χ1n) is 12.2. The third-order valence-electron chi connectivity index (χ3n) is 7.45. The van der Waals surface area contributed by atoms with Crippen molar-refractivity contribution < 1.29 is 12.8 Å². The van der Waals surface area contributed by atoms with Gasteiger partial charge in [0.05, 0.1) is 16.1 Å². The average molecular weight is 502 g/mol. The van der Waals surface area contributed by atoms with Crippen LogP contribution in [0.4, 0.5) is 11.5 Å². The van der Waals surface area contributed by atoms with Crippen molar-refractivity contribution in [3.05, 3.63) is 40.9 Å². The average Bonchev–Trinajstić information content (AvgIpc) is 3.38. The van der Waals surface area contributed by atoms with Gasteiger partial charge in [-0.25, -0.2) is 13.1 Å². The van der Waals surface area contributed by atoms with Crippen LogP contribution in [0.25, 0.3) is 6.08 Å². The molecule has 6 nitrogen and oxygen atoms in total. The van der Waals surface area contributed by atoms with Gasteiger partial charge in [-0.3, -0.25) is 0 Å². The second-order valence-electron chi connectivity index (χ2n) is 12.3. The van der Waals surface area contributed by atoms with E-state index in [4.69, 9.17) is 9.52 Å². The summed E-state index contributed by atoms with van der Waals surface area (Å²) in [6.07, 6.45) is 5.13. The lowest BCUT2D eigenvalue weighted by molar-refractivity contribution is 0.186. The van der Waals surface area contributed by atoms with E-state index in [1.807, 2.05) is 16.8 Å². The molecule has 0 amide bonds. The zero-order valence-electron chi connectivity index (χ0n) is 21.8. The normalized spacial score (nSPS) is 22.2. The van der Waals surface area contributed by atoms with Crippen LogP contribution in [0.15, 0.2) is 34.6 Å². The van der Waals surface area contributed by atoms with E-state index in [1.54, 1.807) is 12.1 Å². The van der Waals surface area contributed by atoms with Crippen molar-refractivity contribution in [2.45, 2.75) is 101 Å². The zero-order valence-corrected chi connectivity index (χ0v) is 23.6. The molecule has 1 aliphatic carbocycles. The maximum atomic E-state index is 12.1. The van der Waals surface area contributed by atoms with Gasteiger partial charge in [0.1, 0.15) is 5.82 Å². The Bertz CT molecular complexity index is 1220. The summed E-state index contributed by atoms with van der Waals surface area (Å²) >= 11 is 0. The van der Waals surface area contributed by atoms with E-state index in [0.717, 1.165) is 36.5 Å². The summed E-state index contributed by atoms with van der Waals surface area (Å²) in [5, 5.41) is 10.0. The maximum absolute atomic E-state index is 12.1. The van der Waals surface area contributed by atoms with Gasteiger partial charge in [0, 0.05) is 29.2 Å². The molecule has 2 aliphatic rings. The standard InChI is InChI=1S/C26H39N3O3SSi/c1-25(2,3)29-24(27-20-10-12-23-19(15-20)13-14-33(23,30)31)17-22(28-29)18-9-11-21(16-18)32-34(7,8)26(4,5)6/h10,12-15,17-18,21,27H,9,11,16H2,1-8H3/t18-,21+/m0/s1. The van der Waals surface area contributed by atoms with E-state index in [-0.39, 0.29) is 10.6 Å². The highest BCUT2D eigenvalue weighted by Crippen LogP contribution is 2.43. The monoisotopic (exact) mass is 501 g/mol. The number of hydrogen-bond acceptors (Lipinski definition) is 5. The highest BCUT2D eigenvalue weighted by Gasteiger charge is 2.41. The molecule has 8 heteroatoms. The second-order valence-corrected chi connectivity index (χ2v) is 18.8. The predicted octanol–water partition coefficient (Wildman–Crippen LogP) is 6.80. The van der Waals surface area contributed by atoms with Crippen molar-refractivity contribution in [1.82, 2.24) is 9.78 Å². The van der Waals surface area contributed by atoms with Crippen LogP contribution in [0.5, 0.6) is 0 Å². The molecule has 2 atom stereocenters. The molecule has 1 N–H and O–H groups in total. The van der Waals surface area contributed by atoms with E-state index in [0.29, 0.717) is 22.5 Å². The second kappa shape index (κ2) is 8.35. The van der Waals surface area contributed by atoms with E-state index in [1.165, 1.54) is 5.41 Å². The first-order chi connectivity index (χ1) is 15.6. The lowest BCUT2D eigenvalue weighted by Crippen LogP contribution is -2.43. The fourth-order valence-corrected chi connectivity index (χ4v) is 7.09. The first-order valence-corrected chi connectivity index (χ1v) is 16.6. The molecule has 1 fully saturated rings.